The van der Waals surface area contributed by atoms with E-state index in [1.54, 1.807) is 0 Å². The van der Waals surface area contributed by atoms with E-state index in [1.807, 2.05) is 24.3 Å². The molecule has 1 aromatic rings. The zero-order chi connectivity index (χ0) is 10.8. The van der Waals surface area contributed by atoms with E-state index >= 15 is 0 Å². The zero-order valence-corrected chi connectivity index (χ0v) is 9.21. The number of carbonyl (C=O) groups excluding carboxylic acids is 1. The fourth-order valence-corrected chi connectivity index (χ4v) is 1.92. The summed E-state index contributed by atoms with van der Waals surface area (Å²) in [6.45, 7) is 2.08. The molecule has 0 saturated heterocycles. The second-order valence-corrected chi connectivity index (χ2v) is 4.03. The van der Waals surface area contributed by atoms with Gasteiger partial charge in [-0.25, -0.2) is 0 Å². The molecular formula is C12H12ClNO. The van der Waals surface area contributed by atoms with Gasteiger partial charge in [0.25, 0.3) is 0 Å². The molecule has 0 radical (unpaired) electrons. The number of rotatable bonds is 2. The van der Waals surface area contributed by atoms with Crippen LogP contribution in [-0.2, 0) is 4.79 Å². The van der Waals surface area contributed by atoms with E-state index in [-0.39, 0.29) is 6.04 Å². The molecule has 0 spiro atoms. The Kier molecular flexibility index (Phi) is 2.78. The van der Waals surface area contributed by atoms with Crippen molar-refractivity contribution in [3.63, 3.8) is 0 Å². The summed E-state index contributed by atoms with van der Waals surface area (Å²) in [6.07, 6.45) is 3.80. The molecule has 0 aliphatic carbocycles. The van der Waals surface area contributed by atoms with Gasteiger partial charge in [0.1, 0.15) is 6.29 Å². The molecule has 3 heteroatoms. The molecule has 1 heterocycles. The predicted octanol–water partition coefficient (Wildman–Crippen LogP) is 3.13. The minimum atomic E-state index is 0.235. The van der Waals surface area contributed by atoms with Crippen molar-refractivity contribution in [1.82, 2.24) is 0 Å². The molecule has 0 saturated carbocycles. The van der Waals surface area contributed by atoms with Crippen LogP contribution >= 0.6 is 11.6 Å². The van der Waals surface area contributed by atoms with Crippen LogP contribution in [0.15, 0.2) is 24.3 Å². The maximum atomic E-state index is 11.0. The van der Waals surface area contributed by atoms with Crippen LogP contribution in [0.3, 0.4) is 0 Å². The fourth-order valence-electron chi connectivity index (χ4n) is 1.75. The number of carbonyl (C=O) groups is 1. The van der Waals surface area contributed by atoms with Crippen molar-refractivity contribution >= 4 is 29.1 Å². The topological polar surface area (TPSA) is 29.1 Å². The first-order valence-electron chi connectivity index (χ1n) is 4.98. The highest BCUT2D eigenvalue weighted by Crippen LogP contribution is 2.31. The highest BCUT2D eigenvalue weighted by molar-refractivity contribution is 6.31. The van der Waals surface area contributed by atoms with Crippen LogP contribution in [0.2, 0.25) is 5.02 Å². The minimum Gasteiger partial charge on any atom is -0.378 e. The molecule has 1 aliphatic rings. The van der Waals surface area contributed by atoms with E-state index in [0.29, 0.717) is 5.02 Å². The number of anilines is 1. The smallest absolute Gasteiger partial charge is 0.150 e. The lowest BCUT2D eigenvalue weighted by Crippen LogP contribution is -2.21. The molecular weight excluding hydrogens is 210 g/mol. The number of nitrogens with one attached hydrogen (secondary N) is 1. The molecule has 2 nitrogen and oxygen atoms in total. The Bertz CT molecular complexity index is 426. The summed E-state index contributed by atoms with van der Waals surface area (Å²) < 4.78 is 0. The van der Waals surface area contributed by atoms with Crippen LogP contribution in [-0.4, -0.2) is 12.3 Å². The molecule has 1 aromatic carbocycles. The molecule has 1 aliphatic heterocycles. The van der Waals surface area contributed by atoms with Crippen LogP contribution < -0.4 is 5.32 Å². The van der Waals surface area contributed by atoms with E-state index < -0.39 is 0 Å². The second kappa shape index (κ2) is 4.07. The van der Waals surface area contributed by atoms with Crippen molar-refractivity contribution in [3.05, 3.63) is 34.9 Å². The first-order chi connectivity index (χ1) is 7.24. The van der Waals surface area contributed by atoms with Crippen LogP contribution in [0.1, 0.15) is 18.9 Å². The van der Waals surface area contributed by atoms with Crippen LogP contribution in [0, 0.1) is 0 Å². The molecule has 1 atom stereocenters. The van der Waals surface area contributed by atoms with E-state index in [1.165, 1.54) is 0 Å². The van der Waals surface area contributed by atoms with Crippen LogP contribution in [0.5, 0.6) is 0 Å². The van der Waals surface area contributed by atoms with Crippen LogP contribution in [0.25, 0.3) is 5.57 Å². The largest absolute Gasteiger partial charge is 0.378 e. The molecule has 0 aromatic heterocycles. The Hall–Kier alpha value is -1.28. The maximum absolute atomic E-state index is 11.0. The molecule has 0 bridgehead atoms. The summed E-state index contributed by atoms with van der Waals surface area (Å²) in [4.78, 5) is 11.0. The van der Waals surface area contributed by atoms with Gasteiger partial charge in [-0.15, -0.1) is 0 Å². The third-order valence-corrected chi connectivity index (χ3v) is 2.82. The number of benzene rings is 1. The molecule has 0 amide bonds. The first kappa shape index (κ1) is 10.2. The Morgan fingerprint density at radius 2 is 2.33 bits per heavy atom. The van der Waals surface area contributed by atoms with Crippen molar-refractivity contribution in [2.45, 2.75) is 19.4 Å². The lowest BCUT2D eigenvalue weighted by molar-refractivity contribution is -0.103. The first-order valence-corrected chi connectivity index (χ1v) is 5.36. The van der Waals surface area contributed by atoms with Gasteiger partial charge in [-0.1, -0.05) is 24.6 Å². The number of allylic oxidation sites excluding steroid dienone is 1. The normalized spacial score (nSPS) is 18.8. The van der Waals surface area contributed by atoms with Crippen molar-refractivity contribution < 1.29 is 4.79 Å². The third-order valence-electron chi connectivity index (χ3n) is 2.58. The number of hydrogen-bond donors (Lipinski definition) is 1. The molecule has 78 valence electrons. The lowest BCUT2D eigenvalue weighted by atomic mass is 9.97. The van der Waals surface area contributed by atoms with E-state index in [0.717, 1.165) is 29.5 Å². The quantitative estimate of drug-likeness (QED) is 0.778. The van der Waals surface area contributed by atoms with Gasteiger partial charge in [0.05, 0.1) is 0 Å². The van der Waals surface area contributed by atoms with Gasteiger partial charge in [-0.2, -0.15) is 0 Å². The van der Waals surface area contributed by atoms with E-state index in [4.69, 9.17) is 11.6 Å². The SMILES string of the molecule is CCC1C=C(C=O)c2cc(Cl)ccc2N1. The molecule has 1 unspecified atom stereocenters. The van der Waals surface area contributed by atoms with Gasteiger partial charge >= 0.3 is 0 Å². The predicted molar refractivity (Wildman–Crippen MR) is 63.2 cm³/mol. The van der Waals surface area contributed by atoms with Gasteiger partial charge in [-0.05, 0) is 24.6 Å². The summed E-state index contributed by atoms with van der Waals surface area (Å²) in [6, 6.07) is 5.79. The maximum Gasteiger partial charge on any atom is 0.150 e. The minimum absolute atomic E-state index is 0.235. The van der Waals surface area contributed by atoms with Crippen molar-refractivity contribution in [2.75, 3.05) is 5.32 Å². The highest BCUT2D eigenvalue weighted by atomic mass is 35.5. The lowest BCUT2D eigenvalue weighted by Gasteiger charge is -2.23. The molecule has 15 heavy (non-hydrogen) atoms. The van der Waals surface area contributed by atoms with Crippen molar-refractivity contribution in [3.8, 4) is 0 Å². The number of halogens is 1. The summed E-state index contributed by atoms with van der Waals surface area (Å²) in [5.74, 6) is 0. The fraction of sp³-hybridized carbons (Fsp3) is 0.250. The number of aldehydes is 1. The Balaban J connectivity index is 2.50. The number of fused-ring (bicyclic) bond motifs is 1. The van der Waals surface area contributed by atoms with Gasteiger partial charge in [0, 0.05) is 27.9 Å². The second-order valence-electron chi connectivity index (χ2n) is 3.59. The average molecular weight is 222 g/mol. The van der Waals surface area contributed by atoms with Crippen LogP contribution in [0.4, 0.5) is 5.69 Å². The van der Waals surface area contributed by atoms with Crippen molar-refractivity contribution in [2.24, 2.45) is 0 Å². The number of hydrogen-bond acceptors (Lipinski definition) is 2. The summed E-state index contributed by atoms with van der Waals surface area (Å²) >= 11 is 5.90. The molecule has 2 rings (SSSR count). The Morgan fingerprint density at radius 3 is 3.00 bits per heavy atom. The van der Waals surface area contributed by atoms with E-state index in [2.05, 4.69) is 12.2 Å². The average Bonchev–Trinajstić information content (AvgIpc) is 2.27. The zero-order valence-electron chi connectivity index (χ0n) is 8.46. The van der Waals surface area contributed by atoms with Gasteiger partial charge in [0.15, 0.2) is 0 Å². The van der Waals surface area contributed by atoms with Gasteiger partial charge in [-0.3, -0.25) is 4.79 Å². The summed E-state index contributed by atoms with van der Waals surface area (Å²) in [7, 11) is 0. The molecule has 1 N–H and O–H groups in total. The van der Waals surface area contributed by atoms with Crippen molar-refractivity contribution in [1.29, 1.82) is 0 Å². The van der Waals surface area contributed by atoms with Gasteiger partial charge in [0.2, 0.25) is 0 Å². The Morgan fingerprint density at radius 1 is 1.53 bits per heavy atom. The summed E-state index contributed by atoms with van der Waals surface area (Å²) in [5.41, 5.74) is 2.59. The third kappa shape index (κ3) is 1.90. The van der Waals surface area contributed by atoms with E-state index in [9.17, 15) is 4.79 Å². The standard InChI is InChI=1S/C12H12ClNO/c1-2-10-5-8(7-15)11-6-9(13)3-4-12(11)14-10/h3-7,10,14H,2H2,1H3. The molecule has 0 fully saturated rings. The summed E-state index contributed by atoms with van der Waals surface area (Å²) in [5, 5.41) is 4.00. The monoisotopic (exact) mass is 221 g/mol. The highest BCUT2D eigenvalue weighted by Gasteiger charge is 2.17. The van der Waals surface area contributed by atoms with Gasteiger partial charge < -0.3 is 5.32 Å². The Labute approximate surface area is 93.9 Å².